The summed E-state index contributed by atoms with van der Waals surface area (Å²) in [6, 6.07) is 10.9. The molecular weight excluding hydrogens is 543 g/mol. The number of alkyl halides is 3. The molecule has 3 aromatic rings. The molecule has 0 aromatic heterocycles. The number of hydrazone groups is 1. The van der Waals surface area contributed by atoms with Crippen molar-refractivity contribution in [2.75, 3.05) is 13.2 Å². The summed E-state index contributed by atoms with van der Waals surface area (Å²) in [5.74, 6) is 0.00105. The van der Waals surface area contributed by atoms with Crippen molar-refractivity contribution in [1.82, 2.24) is 5.43 Å². The molecule has 0 aliphatic heterocycles. The first kappa shape index (κ1) is 29.2. The maximum Gasteiger partial charge on any atom is 0.416 e. The van der Waals surface area contributed by atoms with Gasteiger partial charge >= 0.3 is 11.9 Å². The molecule has 0 heterocycles. The lowest BCUT2D eigenvalue weighted by molar-refractivity contribution is -0.385. The van der Waals surface area contributed by atoms with Crippen LogP contribution in [-0.4, -0.2) is 30.3 Å². The molecule has 0 atom stereocenters. The molecule has 206 valence electrons. The molecule has 1 amide bonds. The van der Waals surface area contributed by atoms with Gasteiger partial charge in [0.25, 0.3) is 5.91 Å². The molecule has 0 aliphatic carbocycles. The quantitative estimate of drug-likeness (QED) is 0.152. The van der Waals surface area contributed by atoms with Crippen LogP contribution in [0.5, 0.6) is 23.0 Å². The summed E-state index contributed by atoms with van der Waals surface area (Å²) in [6.45, 7) is 4.67. The standard InChI is InChI=1S/C26H23ClF3N3O6/c1-3-11-38-23-9-6-17(13-24(23)37-4-2)25(34)32-31-15-16-5-8-21(19(27)12-16)39-22-10-7-18(26(28,29)30)14-20(22)33(35)36/h5-10,12-15H,3-4,11H2,1-2H3,(H,32,34)/b31-15+. The summed E-state index contributed by atoms with van der Waals surface area (Å²) in [5, 5.41) is 15.2. The predicted octanol–water partition coefficient (Wildman–Crippen LogP) is 7.01. The van der Waals surface area contributed by atoms with Crippen molar-refractivity contribution in [3.05, 3.63) is 86.4 Å². The van der Waals surface area contributed by atoms with Crippen LogP contribution in [0.1, 0.15) is 41.8 Å². The maximum absolute atomic E-state index is 12.9. The van der Waals surface area contributed by atoms with Crippen LogP contribution in [0.2, 0.25) is 5.02 Å². The van der Waals surface area contributed by atoms with E-state index in [0.717, 1.165) is 12.5 Å². The Labute approximate surface area is 226 Å². The Morgan fingerprint density at radius 1 is 1.03 bits per heavy atom. The van der Waals surface area contributed by atoms with Gasteiger partial charge in [0.1, 0.15) is 5.75 Å². The second kappa shape index (κ2) is 13.0. The maximum atomic E-state index is 12.9. The number of carbonyl (C=O) groups excluding carboxylic acids is 1. The number of hydrogen-bond donors (Lipinski definition) is 1. The molecule has 0 saturated heterocycles. The number of nitrogens with zero attached hydrogens (tertiary/aromatic N) is 2. The Hall–Kier alpha value is -4.32. The van der Waals surface area contributed by atoms with Gasteiger partial charge < -0.3 is 14.2 Å². The van der Waals surface area contributed by atoms with Gasteiger partial charge in [-0.15, -0.1) is 0 Å². The molecule has 3 aromatic carbocycles. The summed E-state index contributed by atoms with van der Waals surface area (Å²) in [5.41, 5.74) is 1.06. The number of nitrogens with one attached hydrogen (secondary N) is 1. The zero-order valence-electron chi connectivity index (χ0n) is 20.8. The van der Waals surface area contributed by atoms with Gasteiger partial charge in [0.2, 0.25) is 5.75 Å². The highest BCUT2D eigenvalue weighted by molar-refractivity contribution is 6.32. The molecule has 0 bridgehead atoms. The zero-order chi connectivity index (χ0) is 28.6. The third-order valence-electron chi connectivity index (χ3n) is 5.01. The monoisotopic (exact) mass is 565 g/mol. The van der Waals surface area contributed by atoms with E-state index in [-0.39, 0.29) is 10.8 Å². The Kier molecular flexibility index (Phi) is 9.72. The van der Waals surface area contributed by atoms with E-state index < -0.39 is 34.0 Å². The van der Waals surface area contributed by atoms with Crippen molar-refractivity contribution >= 4 is 29.4 Å². The number of ether oxygens (including phenoxy) is 3. The molecule has 0 saturated carbocycles. The first-order valence-electron chi connectivity index (χ1n) is 11.6. The highest BCUT2D eigenvalue weighted by atomic mass is 35.5. The molecule has 3 rings (SSSR count). The molecule has 0 aliphatic rings. The van der Waals surface area contributed by atoms with E-state index in [1.807, 2.05) is 13.8 Å². The van der Waals surface area contributed by atoms with Crippen LogP contribution in [0.25, 0.3) is 0 Å². The second-order valence-electron chi connectivity index (χ2n) is 7.87. The molecule has 0 fully saturated rings. The van der Waals surface area contributed by atoms with Gasteiger partial charge in [0, 0.05) is 11.6 Å². The van der Waals surface area contributed by atoms with E-state index in [1.165, 1.54) is 24.4 Å². The van der Waals surface area contributed by atoms with Crippen molar-refractivity contribution in [2.45, 2.75) is 26.4 Å². The largest absolute Gasteiger partial charge is 0.490 e. The summed E-state index contributed by atoms with van der Waals surface area (Å²) >= 11 is 6.20. The topological polar surface area (TPSA) is 112 Å². The highest BCUT2D eigenvalue weighted by Gasteiger charge is 2.33. The fraction of sp³-hybridized carbons (Fsp3) is 0.231. The number of halogens is 4. The van der Waals surface area contributed by atoms with E-state index in [1.54, 1.807) is 18.2 Å². The normalized spacial score (nSPS) is 11.3. The minimum atomic E-state index is -4.75. The lowest BCUT2D eigenvalue weighted by atomic mass is 10.2. The zero-order valence-corrected chi connectivity index (χ0v) is 21.5. The van der Waals surface area contributed by atoms with E-state index in [4.69, 9.17) is 25.8 Å². The lowest BCUT2D eigenvalue weighted by Gasteiger charge is -2.12. The van der Waals surface area contributed by atoms with Crippen molar-refractivity contribution in [3.63, 3.8) is 0 Å². The number of benzene rings is 3. The van der Waals surface area contributed by atoms with Crippen molar-refractivity contribution in [1.29, 1.82) is 0 Å². The molecule has 13 heteroatoms. The van der Waals surface area contributed by atoms with Crippen LogP contribution in [-0.2, 0) is 6.18 Å². The van der Waals surface area contributed by atoms with E-state index in [9.17, 15) is 28.1 Å². The second-order valence-corrected chi connectivity index (χ2v) is 8.28. The van der Waals surface area contributed by atoms with Crippen molar-refractivity contribution in [2.24, 2.45) is 5.10 Å². The van der Waals surface area contributed by atoms with E-state index in [2.05, 4.69) is 10.5 Å². The molecule has 9 nitrogen and oxygen atoms in total. The van der Waals surface area contributed by atoms with Gasteiger partial charge in [-0.05, 0) is 67.4 Å². The van der Waals surface area contributed by atoms with Gasteiger partial charge in [0.15, 0.2) is 11.5 Å². The van der Waals surface area contributed by atoms with Gasteiger partial charge in [0.05, 0.1) is 34.9 Å². The number of hydrogen-bond acceptors (Lipinski definition) is 7. The summed E-state index contributed by atoms with van der Waals surface area (Å²) in [7, 11) is 0. The molecular formula is C26H23ClF3N3O6. The van der Waals surface area contributed by atoms with Gasteiger partial charge in [-0.25, -0.2) is 5.43 Å². The smallest absolute Gasteiger partial charge is 0.416 e. The van der Waals surface area contributed by atoms with Gasteiger partial charge in [-0.3, -0.25) is 14.9 Å². The fourth-order valence-electron chi connectivity index (χ4n) is 3.20. The number of carbonyl (C=O) groups is 1. The Morgan fingerprint density at radius 2 is 1.74 bits per heavy atom. The van der Waals surface area contributed by atoms with Crippen LogP contribution < -0.4 is 19.6 Å². The van der Waals surface area contributed by atoms with Crippen LogP contribution in [0, 0.1) is 10.1 Å². The SMILES string of the molecule is CCCOc1ccc(C(=O)N/N=C/c2ccc(Oc3ccc(C(F)(F)F)cc3[N+](=O)[O-])c(Cl)c2)cc1OCC. The minimum Gasteiger partial charge on any atom is -0.490 e. The van der Waals surface area contributed by atoms with Crippen LogP contribution in [0.4, 0.5) is 18.9 Å². The Morgan fingerprint density at radius 3 is 2.38 bits per heavy atom. The number of nitro benzene ring substituents is 1. The molecule has 39 heavy (non-hydrogen) atoms. The van der Waals surface area contributed by atoms with Crippen LogP contribution in [0.15, 0.2) is 59.7 Å². The lowest BCUT2D eigenvalue weighted by Crippen LogP contribution is -2.17. The first-order valence-corrected chi connectivity index (χ1v) is 12.0. The minimum absolute atomic E-state index is 0.00324. The van der Waals surface area contributed by atoms with Gasteiger partial charge in [-0.2, -0.15) is 18.3 Å². The van der Waals surface area contributed by atoms with E-state index in [0.29, 0.717) is 48.0 Å². The molecule has 0 unspecified atom stereocenters. The summed E-state index contributed by atoms with van der Waals surface area (Å²) < 4.78 is 55.3. The van der Waals surface area contributed by atoms with Crippen LogP contribution >= 0.6 is 11.6 Å². The average molecular weight is 566 g/mol. The number of amides is 1. The Balaban J connectivity index is 1.70. The summed E-state index contributed by atoms with van der Waals surface area (Å²) in [4.78, 5) is 22.8. The fourth-order valence-corrected chi connectivity index (χ4v) is 3.43. The molecule has 0 spiro atoms. The predicted molar refractivity (Wildman–Crippen MR) is 138 cm³/mol. The van der Waals surface area contributed by atoms with Gasteiger partial charge in [-0.1, -0.05) is 18.5 Å². The van der Waals surface area contributed by atoms with E-state index >= 15 is 0 Å². The highest BCUT2D eigenvalue weighted by Crippen LogP contribution is 2.39. The van der Waals surface area contributed by atoms with Crippen molar-refractivity contribution < 1.29 is 37.1 Å². The number of nitro groups is 1. The third-order valence-corrected chi connectivity index (χ3v) is 5.30. The molecule has 0 radical (unpaired) electrons. The average Bonchev–Trinajstić information content (AvgIpc) is 2.89. The first-order chi connectivity index (χ1) is 18.5. The summed E-state index contributed by atoms with van der Waals surface area (Å²) in [6.07, 6.45) is -2.64. The molecule has 1 N–H and O–H groups in total. The third kappa shape index (κ3) is 7.84. The number of rotatable bonds is 11. The van der Waals surface area contributed by atoms with Crippen LogP contribution in [0.3, 0.4) is 0 Å². The Bertz CT molecular complexity index is 1380. The van der Waals surface area contributed by atoms with Crippen molar-refractivity contribution in [3.8, 4) is 23.0 Å².